The average Bonchev–Trinajstić information content (AvgIpc) is 2.81. The van der Waals surface area contributed by atoms with Gasteiger partial charge in [0.05, 0.1) is 22.6 Å². The SMILES string of the molecule is CN1C(=O)c2ccccc2N(C(=O)CCN2CCCCC2)c2ccccc21. The lowest BCUT2D eigenvalue weighted by Crippen LogP contribution is -2.35. The lowest BCUT2D eigenvalue weighted by molar-refractivity contribution is -0.118. The summed E-state index contributed by atoms with van der Waals surface area (Å²) in [6.07, 6.45) is 4.15. The second kappa shape index (κ2) is 7.53. The van der Waals surface area contributed by atoms with Crippen molar-refractivity contribution in [1.29, 1.82) is 0 Å². The summed E-state index contributed by atoms with van der Waals surface area (Å²) in [5, 5.41) is 0. The number of para-hydroxylation sites is 3. The number of carbonyl (C=O) groups is 2. The topological polar surface area (TPSA) is 43.9 Å². The molecule has 0 atom stereocenters. The maximum atomic E-state index is 13.3. The summed E-state index contributed by atoms with van der Waals surface area (Å²) in [6, 6.07) is 15.0. The molecule has 27 heavy (non-hydrogen) atoms. The molecule has 0 saturated carbocycles. The van der Waals surface area contributed by atoms with Gasteiger partial charge in [-0.15, -0.1) is 0 Å². The predicted molar refractivity (Wildman–Crippen MR) is 108 cm³/mol. The van der Waals surface area contributed by atoms with Crippen LogP contribution >= 0.6 is 0 Å². The number of amides is 2. The van der Waals surface area contributed by atoms with Gasteiger partial charge < -0.3 is 9.80 Å². The van der Waals surface area contributed by atoms with E-state index in [4.69, 9.17) is 0 Å². The third-order valence-corrected chi connectivity index (χ3v) is 5.50. The third-order valence-electron chi connectivity index (χ3n) is 5.50. The van der Waals surface area contributed by atoms with E-state index in [9.17, 15) is 9.59 Å². The van der Waals surface area contributed by atoms with Crippen molar-refractivity contribution in [2.75, 3.05) is 36.5 Å². The van der Waals surface area contributed by atoms with Gasteiger partial charge >= 0.3 is 0 Å². The highest BCUT2D eigenvalue weighted by Crippen LogP contribution is 2.40. The van der Waals surface area contributed by atoms with Crippen molar-refractivity contribution in [3.63, 3.8) is 0 Å². The summed E-state index contributed by atoms with van der Waals surface area (Å²) in [7, 11) is 1.76. The minimum atomic E-state index is -0.0932. The van der Waals surface area contributed by atoms with Crippen LogP contribution in [0.15, 0.2) is 48.5 Å². The molecule has 0 spiro atoms. The first kappa shape index (κ1) is 17.7. The third kappa shape index (κ3) is 3.35. The molecule has 5 nitrogen and oxygen atoms in total. The van der Waals surface area contributed by atoms with Crippen molar-refractivity contribution in [2.45, 2.75) is 25.7 Å². The van der Waals surface area contributed by atoms with Gasteiger partial charge in [-0.2, -0.15) is 0 Å². The molecule has 2 aromatic carbocycles. The Hall–Kier alpha value is -2.66. The molecule has 5 heteroatoms. The van der Waals surface area contributed by atoms with E-state index in [1.165, 1.54) is 19.3 Å². The Morgan fingerprint density at radius 2 is 1.52 bits per heavy atom. The van der Waals surface area contributed by atoms with E-state index in [2.05, 4.69) is 4.90 Å². The van der Waals surface area contributed by atoms with Gasteiger partial charge in [-0.3, -0.25) is 14.5 Å². The molecule has 2 aliphatic heterocycles. The predicted octanol–water partition coefficient (Wildman–Crippen LogP) is 3.82. The molecule has 0 aromatic heterocycles. The Kier molecular flexibility index (Phi) is 4.94. The summed E-state index contributed by atoms with van der Waals surface area (Å²) in [5.41, 5.74) is 2.75. The molecule has 2 aliphatic rings. The largest absolute Gasteiger partial charge is 0.309 e. The lowest BCUT2D eigenvalue weighted by Gasteiger charge is -2.28. The van der Waals surface area contributed by atoms with Crippen LogP contribution in [0.5, 0.6) is 0 Å². The summed E-state index contributed by atoms with van der Waals surface area (Å²) < 4.78 is 0. The molecule has 1 saturated heterocycles. The molecule has 0 unspecified atom stereocenters. The highest BCUT2D eigenvalue weighted by molar-refractivity contribution is 6.18. The quantitative estimate of drug-likeness (QED) is 0.833. The van der Waals surface area contributed by atoms with Crippen molar-refractivity contribution in [3.8, 4) is 0 Å². The van der Waals surface area contributed by atoms with Gasteiger partial charge in [0, 0.05) is 20.0 Å². The van der Waals surface area contributed by atoms with Gasteiger partial charge in [0.1, 0.15) is 0 Å². The van der Waals surface area contributed by atoms with Crippen LogP contribution < -0.4 is 9.80 Å². The number of piperidine rings is 1. The van der Waals surface area contributed by atoms with E-state index < -0.39 is 0 Å². The number of hydrogen-bond donors (Lipinski definition) is 0. The minimum Gasteiger partial charge on any atom is -0.309 e. The van der Waals surface area contributed by atoms with Gasteiger partial charge in [0.2, 0.25) is 5.91 Å². The molecule has 140 valence electrons. The first-order valence-corrected chi connectivity index (χ1v) is 9.68. The monoisotopic (exact) mass is 363 g/mol. The molecule has 0 aliphatic carbocycles. The Labute approximate surface area is 160 Å². The second-order valence-corrected chi connectivity index (χ2v) is 7.25. The maximum Gasteiger partial charge on any atom is 0.260 e. The molecule has 0 N–H and O–H groups in total. The van der Waals surface area contributed by atoms with Crippen LogP contribution in [0.3, 0.4) is 0 Å². The molecule has 1 fully saturated rings. The van der Waals surface area contributed by atoms with E-state index in [-0.39, 0.29) is 11.8 Å². The van der Waals surface area contributed by atoms with Crippen LogP contribution in [0.25, 0.3) is 0 Å². The van der Waals surface area contributed by atoms with Crippen molar-refractivity contribution in [3.05, 3.63) is 54.1 Å². The zero-order valence-electron chi connectivity index (χ0n) is 15.7. The van der Waals surface area contributed by atoms with Crippen molar-refractivity contribution in [1.82, 2.24) is 4.90 Å². The van der Waals surface area contributed by atoms with E-state index >= 15 is 0 Å². The molecular formula is C22H25N3O2. The van der Waals surface area contributed by atoms with Crippen LogP contribution in [-0.4, -0.2) is 43.4 Å². The van der Waals surface area contributed by atoms with Crippen LogP contribution in [0.2, 0.25) is 0 Å². The smallest absolute Gasteiger partial charge is 0.260 e. The Bertz CT molecular complexity index is 858. The number of nitrogens with zero attached hydrogens (tertiary/aromatic N) is 3. The fourth-order valence-corrected chi connectivity index (χ4v) is 4.02. The molecule has 4 rings (SSSR count). The second-order valence-electron chi connectivity index (χ2n) is 7.25. The van der Waals surface area contributed by atoms with Crippen molar-refractivity contribution >= 4 is 28.9 Å². The molecular weight excluding hydrogens is 338 g/mol. The zero-order chi connectivity index (χ0) is 18.8. The van der Waals surface area contributed by atoms with Gasteiger partial charge in [-0.25, -0.2) is 0 Å². The minimum absolute atomic E-state index is 0.0311. The van der Waals surface area contributed by atoms with Crippen molar-refractivity contribution < 1.29 is 9.59 Å². The number of fused-ring (bicyclic) bond motifs is 2. The van der Waals surface area contributed by atoms with Crippen LogP contribution in [0.1, 0.15) is 36.0 Å². The number of likely N-dealkylation sites (tertiary alicyclic amines) is 1. The molecule has 2 heterocycles. The number of rotatable bonds is 3. The Morgan fingerprint density at radius 1 is 0.889 bits per heavy atom. The highest BCUT2D eigenvalue weighted by atomic mass is 16.2. The fourth-order valence-electron chi connectivity index (χ4n) is 4.02. The number of carbonyl (C=O) groups excluding carboxylic acids is 2. The van der Waals surface area contributed by atoms with E-state index in [1.807, 2.05) is 42.5 Å². The van der Waals surface area contributed by atoms with Crippen molar-refractivity contribution in [2.24, 2.45) is 0 Å². The maximum absolute atomic E-state index is 13.3. The highest BCUT2D eigenvalue weighted by Gasteiger charge is 2.31. The van der Waals surface area contributed by atoms with Crippen LogP contribution in [0.4, 0.5) is 17.1 Å². The van der Waals surface area contributed by atoms with E-state index in [0.717, 1.165) is 31.0 Å². The number of hydrogen-bond acceptors (Lipinski definition) is 3. The standard InChI is InChI=1S/C22H25N3O2/c1-23-19-11-5-6-12-20(19)25(18-10-4-3-9-17(18)22(23)27)21(26)13-16-24-14-7-2-8-15-24/h3-6,9-12H,2,7-8,13-16H2,1H3. The summed E-state index contributed by atoms with van der Waals surface area (Å²) in [6.45, 7) is 2.91. The normalized spacial score (nSPS) is 17.3. The lowest BCUT2D eigenvalue weighted by atomic mass is 10.1. The van der Waals surface area contributed by atoms with Gasteiger partial charge in [-0.1, -0.05) is 30.7 Å². The summed E-state index contributed by atoms with van der Waals surface area (Å²) in [5.74, 6) is -0.0621. The summed E-state index contributed by atoms with van der Waals surface area (Å²) >= 11 is 0. The van der Waals surface area contributed by atoms with Crippen LogP contribution in [0, 0.1) is 0 Å². The first-order valence-electron chi connectivity index (χ1n) is 9.68. The van der Waals surface area contributed by atoms with Crippen LogP contribution in [-0.2, 0) is 4.79 Å². The van der Waals surface area contributed by atoms with Gasteiger partial charge in [-0.05, 0) is 50.2 Å². The van der Waals surface area contributed by atoms with Gasteiger partial charge in [0.15, 0.2) is 0 Å². The van der Waals surface area contributed by atoms with Gasteiger partial charge in [0.25, 0.3) is 5.91 Å². The number of anilines is 3. The molecule has 0 bridgehead atoms. The first-order chi connectivity index (χ1) is 13.2. The fraction of sp³-hybridized carbons (Fsp3) is 0.364. The average molecular weight is 363 g/mol. The molecule has 2 amide bonds. The Morgan fingerprint density at radius 3 is 2.26 bits per heavy atom. The summed E-state index contributed by atoms with van der Waals surface area (Å²) in [4.78, 5) is 32.0. The number of benzene rings is 2. The molecule has 2 aromatic rings. The Balaban J connectivity index is 1.70. The zero-order valence-corrected chi connectivity index (χ0v) is 15.7. The molecule has 0 radical (unpaired) electrons. The van der Waals surface area contributed by atoms with E-state index in [0.29, 0.717) is 17.7 Å². The van der Waals surface area contributed by atoms with E-state index in [1.54, 1.807) is 22.9 Å².